The Hall–Kier alpha value is -1.47. The third-order valence-electron chi connectivity index (χ3n) is 4.99. The standard InChI is InChI=1S/C18H24N4O2S/c23-18-17-15(9-13(10-19-17)20-12-3-1-2-4-12)21-16(22-18)11-25-14-5-7-24-8-6-14/h9-10,12,14,17H,1-8,11H2,(H,21,22,23). The summed E-state index contributed by atoms with van der Waals surface area (Å²) in [5.41, 5.74) is 1.58. The Kier molecular flexibility index (Phi) is 5.31. The number of nitrogens with zero attached hydrogens (tertiary/aromatic N) is 3. The Morgan fingerprint density at radius 1 is 1.24 bits per heavy atom. The van der Waals surface area contributed by atoms with Crippen LogP contribution in [0.5, 0.6) is 0 Å². The average molecular weight is 360 g/mol. The van der Waals surface area contributed by atoms with Crippen LogP contribution in [-0.4, -0.2) is 60.0 Å². The van der Waals surface area contributed by atoms with Crippen LogP contribution in [0.3, 0.4) is 0 Å². The van der Waals surface area contributed by atoms with Gasteiger partial charge in [-0.2, -0.15) is 11.8 Å². The van der Waals surface area contributed by atoms with Gasteiger partial charge in [0.15, 0.2) is 6.04 Å². The van der Waals surface area contributed by atoms with Crippen molar-refractivity contribution in [3.63, 3.8) is 0 Å². The van der Waals surface area contributed by atoms with Gasteiger partial charge in [-0.05, 0) is 31.8 Å². The summed E-state index contributed by atoms with van der Waals surface area (Å²) in [6.07, 6.45) is 10.6. The summed E-state index contributed by atoms with van der Waals surface area (Å²) in [7, 11) is 0. The molecule has 7 heteroatoms. The maximum Gasteiger partial charge on any atom is 0.256 e. The third kappa shape index (κ3) is 4.20. The first-order valence-electron chi connectivity index (χ1n) is 9.18. The third-order valence-corrected chi connectivity index (χ3v) is 6.38. The fraction of sp³-hybridized carbons (Fsp3) is 0.667. The second-order valence-corrected chi connectivity index (χ2v) is 8.20. The highest BCUT2D eigenvalue weighted by atomic mass is 32.2. The van der Waals surface area contributed by atoms with Gasteiger partial charge in [-0.3, -0.25) is 14.8 Å². The molecule has 1 aliphatic carbocycles. The maximum absolute atomic E-state index is 12.3. The van der Waals surface area contributed by atoms with Gasteiger partial charge in [0.05, 0.1) is 23.2 Å². The number of carbonyl (C=O) groups is 1. The number of dihydropyridines is 1. The predicted molar refractivity (Wildman–Crippen MR) is 102 cm³/mol. The van der Waals surface area contributed by atoms with Crippen LogP contribution in [0.1, 0.15) is 38.5 Å². The van der Waals surface area contributed by atoms with Crippen LogP contribution < -0.4 is 5.32 Å². The summed E-state index contributed by atoms with van der Waals surface area (Å²) in [6.45, 7) is 1.67. The molecule has 3 aliphatic heterocycles. The lowest BCUT2D eigenvalue weighted by molar-refractivity contribution is -0.120. The van der Waals surface area contributed by atoms with Gasteiger partial charge in [-0.1, -0.05) is 12.8 Å². The molecule has 1 amide bonds. The first-order chi connectivity index (χ1) is 12.3. The largest absolute Gasteiger partial charge is 0.381 e. The van der Waals surface area contributed by atoms with Gasteiger partial charge < -0.3 is 10.1 Å². The molecule has 4 aliphatic rings. The van der Waals surface area contributed by atoms with E-state index in [4.69, 9.17) is 9.73 Å². The maximum atomic E-state index is 12.3. The molecule has 0 aromatic rings. The Bertz CT molecular complexity index is 643. The Balaban J connectivity index is 1.44. The molecule has 3 heterocycles. The zero-order valence-electron chi connectivity index (χ0n) is 14.3. The van der Waals surface area contributed by atoms with Crippen molar-refractivity contribution < 1.29 is 9.53 Å². The minimum absolute atomic E-state index is 0.0833. The van der Waals surface area contributed by atoms with Gasteiger partial charge in [0, 0.05) is 24.7 Å². The quantitative estimate of drug-likeness (QED) is 0.835. The van der Waals surface area contributed by atoms with Crippen LogP contribution >= 0.6 is 11.8 Å². The molecule has 0 aromatic heterocycles. The lowest BCUT2D eigenvalue weighted by Gasteiger charge is -2.25. The molecular formula is C18H24N4O2S. The fourth-order valence-electron chi connectivity index (χ4n) is 3.61. The SMILES string of the molecule is O=C1NC(CSC2CCOCC2)=NC2=CC(=NC3CCCC3)C=NC12. The zero-order valence-corrected chi connectivity index (χ0v) is 15.1. The highest BCUT2D eigenvalue weighted by molar-refractivity contribution is 8.00. The summed E-state index contributed by atoms with van der Waals surface area (Å²) >= 11 is 1.85. The van der Waals surface area contributed by atoms with Gasteiger partial charge in [0.1, 0.15) is 5.84 Å². The van der Waals surface area contributed by atoms with Crippen molar-refractivity contribution in [1.29, 1.82) is 0 Å². The molecule has 6 nitrogen and oxygen atoms in total. The second kappa shape index (κ2) is 7.83. The van der Waals surface area contributed by atoms with Crippen molar-refractivity contribution >= 4 is 35.4 Å². The summed E-state index contributed by atoms with van der Waals surface area (Å²) in [5.74, 6) is 1.38. The number of thioether (sulfide) groups is 1. The van der Waals surface area contributed by atoms with Crippen molar-refractivity contribution in [2.45, 2.75) is 55.9 Å². The van der Waals surface area contributed by atoms with E-state index in [-0.39, 0.29) is 5.91 Å². The number of rotatable bonds is 4. The molecule has 1 saturated carbocycles. The molecule has 4 rings (SSSR count). The highest BCUT2D eigenvalue weighted by Crippen LogP contribution is 2.25. The summed E-state index contributed by atoms with van der Waals surface area (Å²) < 4.78 is 5.39. The molecule has 0 bridgehead atoms. The Labute approximate surface area is 152 Å². The molecule has 1 saturated heterocycles. The van der Waals surface area contributed by atoms with E-state index < -0.39 is 6.04 Å². The smallest absolute Gasteiger partial charge is 0.256 e. The monoisotopic (exact) mass is 360 g/mol. The summed E-state index contributed by atoms with van der Waals surface area (Å²) in [4.78, 5) is 26.1. The van der Waals surface area contributed by atoms with Crippen molar-refractivity contribution in [3.05, 3.63) is 11.8 Å². The van der Waals surface area contributed by atoms with Crippen LogP contribution in [0.2, 0.25) is 0 Å². The van der Waals surface area contributed by atoms with E-state index in [0.29, 0.717) is 11.3 Å². The minimum atomic E-state index is -0.514. The molecule has 134 valence electrons. The van der Waals surface area contributed by atoms with Crippen LogP contribution in [0.15, 0.2) is 26.8 Å². The molecule has 1 unspecified atom stereocenters. The van der Waals surface area contributed by atoms with E-state index in [0.717, 1.165) is 61.9 Å². The average Bonchev–Trinajstić information content (AvgIpc) is 3.14. The molecule has 0 radical (unpaired) electrons. The van der Waals surface area contributed by atoms with Gasteiger partial charge >= 0.3 is 0 Å². The Morgan fingerprint density at radius 2 is 2.04 bits per heavy atom. The van der Waals surface area contributed by atoms with E-state index in [9.17, 15) is 4.79 Å². The number of amides is 1. The predicted octanol–water partition coefficient (Wildman–Crippen LogP) is 2.15. The van der Waals surface area contributed by atoms with E-state index in [1.165, 1.54) is 12.8 Å². The minimum Gasteiger partial charge on any atom is -0.381 e. The first kappa shape index (κ1) is 17.0. The number of carbonyl (C=O) groups excluding carboxylic acids is 1. The van der Waals surface area contributed by atoms with E-state index in [2.05, 4.69) is 15.3 Å². The van der Waals surface area contributed by atoms with Gasteiger partial charge in [0.2, 0.25) is 0 Å². The van der Waals surface area contributed by atoms with Crippen molar-refractivity contribution in [2.75, 3.05) is 19.0 Å². The number of hydrogen-bond acceptors (Lipinski definition) is 6. The second-order valence-electron chi connectivity index (χ2n) is 6.91. The van der Waals surface area contributed by atoms with E-state index in [1.807, 2.05) is 17.8 Å². The first-order valence-corrected chi connectivity index (χ1v) is 10.2. The molecule has 1 N–H and O–H groups in total. The number of amidine groups is 1. The lowest BCUT2D eigenvalue weighted by Crippen LogP contribution is -2.45. The number of allylic oxidation sites excluding steroid dienone is 1. The van der Waals surface area contributed by atoms with Crippen molar-refractivity contribution in [3.8, 4) is 0 Å². The van der Waals surface area contributed by atoms with Crippen molar-refractivity contribution in [1.82, 2.24) is 5.32 Å². The molecule has 2 fully saturated rings. The van der Waals surface area contributed by atoms with Gasteiger partial charge in [-0.15, -0.1) is 0 Å². The van der Waals surface area contributed by atoms with Gasteiger partial charge in [0.25, 0.3) is 5.91 Å². The van der Waals surface area contributed by atoms with Crippen LogP contribution in [0, 0.1) is 0 Å². The van der Waals surface area contributed by atoms with Crippen LogP contribution in [-0.2, 0) is 9.53 Å². The normalized spacial score (nSPS) is 29.4. The molecular weight excluding hydrogens is 336 g/mol. The topological polar surface area (TPSA) is 75.4 Å². The molecule has 0 spiro atoms. The molecule has 0 aromatic carbocycles. The molecule has 1 atom stereocenters. The molecule has 25 heavy (non-hydrogen) atoms. The number of fused-ring (bicyclic) bond motifs is 1. The van der Waals surface area contributed by atoms with E-state index in [1.54, 1.807) is 6.21 Å². The lowest BCUT2D eigenvalue weighted by atomic mass is 10.1. The van der Waals surface area contributed by atoms with E-state index >= 15 is 0 Å². The Morgan fingerprint density at radius 3 is 2.84 bits per heavy atom. The van der Waals surface area contributed by atoms with Crippen LogP contribution in [0.25, 0.3) is 0 Å². The van der Waals surface area contributed by atoms with Gasteiger partial charge in [-0.25, -0.2) is 4.99 Å². The number of aliphatic imine (C=N–C) groups is 3. The zero-order chi connectivity index (χ0) is 17.1. The number of nitrogens with one attached hydrogen (secondary N) is 1. The number of ether oxygens (including phenoxy) is 1. The van der Waals surface area contributed by atoms with Crippen molar-refractivity contribution in [2.24, 2.45) is 15.0 Å². The summed E-state index contributed by atoms with van der Waals surface area (Å²) in [6, 6.07) is -0.112. The number of hydrogen-bond donors (Lipinski definition) is 1. The van der Waals surface area contributed by atoms with Crippen LogP contribution in [0.4, 0.5) is 0 Å². The summed E-state index contributed by atoms with van der Waals surface area (Å²) in [5, 5.41) is 3.49. The highest BCUT2D eigenvalue weighted by Gasteiger charge is 2.30. The fourth-order valence-corrected chi connectivity index (χ4v) is 4.66.